The van der Waals surface area contributed by atoms with Gasteiger partial charge in [0.1, 0.15) is 16.5 Å². The van der Waals surface area contributed by atoms with Crippen molar-refractivity contribution >= 4 is 66.6 Å². The fourth-order valence-corrected chi connectivity index (χ4v) is 4.72. The highest BCUT2D eigenvalue weighted by Gasteiger charge is 2.14. The number of nitrogens with zero attached hydrogens (tertiary/aromatic N) is 2. The summed E-state index contributed by atoms with van der Waals surface area (Å²) < 4.78 is 1.16. The molecule has 2 N–H and O–H groups in total. The van der Waals surface area contributed by atoms with Crippen molar-refractivity contribution in [1.29, 1.82) is 0 Å². The highest BCUT2D eigenvalue weighted by molar-refractivity contribution is 7.25. The molecule has 0 fully saturated rings. The van der Waals surface area contributed by atoms with Crippen LogP contribution in [0.2, 0.25) is 10.0 Å². The quantitative estimate of drug-likeness (QED) is 0.291. The predicted molar refractivity (Wildman–Crippen MR) is 124 cm³/mol. The van der Waals surface area contributed by atoms with E-state index in [4.69, 9.17) is 38.3 Å². The lowest BCUT2D eigenvalue weighted by atomic mass is 10.1. The van der Waals surface area contributed by atoms with Crippen LogP contribution in [0.3, 0.4) is 0 Å². The maximum Gasteiger partial charge on any atom is 0.303 e. The third-order valence-electron chi connectivity index (χ3n) is 4.77. The van der Waals surface area contributed by atoms with E-state index >= 15 is 0 Å². The molecule has 5 nitrogen and oxygen atoms in total. The summed E-state index contributed by atoms with van der Waals surface area (Å²) in [6.07, 6.45) is 2.14. The number of aromatic nitrogens is 2. The number of unbranched alkanes of at least 4 members (excludes halogenated alkanes) is 1. The van der Waals surface area contributed by atoms with E-state index in [0.29, 0.717) is 29.4 Å². The minimum atomic E-state index is -0.778. The molecule has 0 saturated heterocycles. The number of benzene rings is 2. The van der Waals surface area contributed by atoms with Crippen LogP contribution >= 0.6 is 34.5 Å². The topological polar surface area (TPSA) is 75.1 Å². The molecule has 2 aromatic carbocycles. The molecule has 4 aromatic rings. The Kier molecular flexibility index (Phi) is 6.37. The van der Waals surface area contributed by atoms with Crippen LogP contribution in [0.25, 0.3) is 20.3 Å². The van der Waals surface area contributed by atoms with Gasteiger partial charge < -0.3 is 10.4 Å². The minimum Gasteiger partial charge on any atom is -0.481 e. The summed E-state index contributed by atoms with van der Waals surface area (Å²) in [7, 11) is 0. The molecule has 0 aliphatic rings. The van der Waals surface area contributed by atoms with Crippen LogP contribution in [-0.4, -0.2) is 21.0 Å². The van der Waals surface area contributed by atoms with Gasteiger partial charge in [0, 0.05) is 29.5 Å². The molecule has 30 heavy (non-hydrogen) atoms. The number of carbonyl (C=O) groups is 1. The number of carboxylic acids is 1. The van der Waals surface area contributed by atoms with E-state index in [9.17, 15) is 4.79 Å². The van der Waals surface area contributed by atoms with E-state index in [-0.39, 0.29) is 6.42 Å². The molecular weight excluding hydrogens is 441 g/mol. The first kappa shape index (κ1) is 20.8. The molecule has 0 aliphatic carbocycles. The molecule has 2 aromatic heterocycles. The second kappa shape index (κ2) is 9.16. The highest BCUT2D eigenvalue weighted by Crippen LogP contribution is 2.36. The summed E-state index contributed by atoms with van der Waals surface area (Å²) in [4.78, 5) is 21.2. The van der Waals surface area contributed by atoms with E-state index < -0.39 is 5.97 Å². The predicted octanol–water partition coefficient (Wildman–Crippen LogP) is 6.56. The lowest BCUT2D eigenvalue weighted by Gasteiger charge is -2.10. The van der Waals surface area contributed by atoms with E-state index in [1.165, 1.54) is 0 Å². The zero-order valence-electron chi connectivity index (χ0n) is 16.0. The van der Waals surface area contributed by atoms with Gasteiger partial charge >= 0.3 is 5.97 Å². The number of aliphatic carboxylic acids is 1. The average molecular weight is 460 g/mol. The van der Waals surface area contributed by atoms with Gasteiger partial charge in [0.05, 0.1) is 15.4 Å². The zero-order valence-corrected chi connectivity index (χ0v) is 18.3. The second-order valence-corrected chi connectivity index (χ2v) is 8.81. The number of nitrogens with one attached hydrogen (secondary N) is 1. The number of aryl methyl sites for hydroxylation is 1. The molecule has 0 atom stereocenters. The molecular formula is C22H19Cl2N3O2S. The first-order valence-electron chi connectivity index (χ1n) is 9.59. The zero-order chi connectivity index (χ0) is 21.1. The third kappa shape index (κ3) is 4.67. The molecule has 0 radical (unpaired) electrons. The van der Waals surface area contributed by atoms with E-state index in [1.807, 2.05) is 24.3 Å². The molecule has 4 rings (SSSR count). The van der Waals surface area contributed by atoms with Gasteiger partial charge in [0.25, 0.3) is 0 Å². The fraction of sp³-hybridized carbons (Fsp3) is 0.227. The van der Waals surface area contributed by atoms with Crippen molar-refractivity contribution in [3.63, 3.8) is 0 Å². The number of hydrogen-bond acceptors (Lipinski definition) is 5. The summed E-state index contributed by atoms with van der Waals surface area (Å²) in [5.74, 6) is 0.715. The van der Waals surface area contributed by atoms with Gasteiger partial charge in [-0.15, -0.1) is 11.3 Å². The van der Waals surface area contributed by atoms with Crippen LogP contribution in [0.4, 0.5) is 5.82 Å². The number of thiophene rings is 1. The first-order valence-corrected chi connectivity index (χ1v) is 11.2. The standard InChI is InChI=1S/C22H19Cl2N3O2S/c23-15-10-9-13(11-16(15)24)12-25-21-20-14-5-1-2-6-17(14)30-22(20)27-18(26-21)7-3-4-8-19(28)29/h1-2,5-6,9-11H,3-4,7-8,12H2,(H,28,29)(H,25,26,27). The maximum absolute atomic E-state index is 10.7. The molecule has 0 unspecified atom stereocenters. The Morgan fingerprint density at radius 2 is 1.90 bits per heavy atom. The van der Waals surface area contributed by atoms with Crippen molar-refractivity contribution in [3.05, 3.63) is 63.9 Å². The van der Waals surface area contributed by atoms with Crippen molar-refractivity contribution in [1.82, 2.24) is 9.97 Å². The molecule has 0 spiro atoms. The monoisotopic (exact) mass is 459 g/mol. The van der Waals surface area contributed by atoms with Crippen LogP contribution < -0.4 is 5.32 Å². The third-order valence-corrected chi connectivity index (χ3v) is 6.57. The van der Waals surface area contributed by atoms with Gasteiger partial charge in [-0.3, -0.25) is 4.79 Å². The Hall–Kier alpha value is -2.41. The lowest BCUT2D eigenvalue weighted by molar-refractivity contribution is -0.137. The average Bonchev–Trinajstić information content (AvgIpc) is 3.10. The SMILES string of the molecule is O=C(O)CCCCc1nc(NCc2ccc(Cl)c(Cl)c2)c2c(n1)sc1ccccc12. The number of carboxylic acid groups (broad SMARTS) is 1. The number of anilines is 1. The number of halogens is 2. The summed E-state index contributed by atoms with van der Waals surface area (Å²) >= 11 is 13.8. The van der Waals surface area contributed by atoms with Gasteiger partial charge in [-0.1, -0.05) is 47.5 Å². The minimum absolute atomic E-state index is 0.160. The van der Waals surface area contributed by atoms with Crippen LogP contribution in [0.5, 0.6) is 0 Å². The fourth-order valence-electron chi connectivity index (χ4n) is 3.30. The van der Waals surface area contributed by atoms with Crippen LogP contribution in [0.1, 0.15) is 30.7 Å². The normalized spacial score (nSPS) is 11.3. The summed E-state index contributed by atoms with van der Waals surface area (Å²) in [5, 5.41) is 15.4. The lowest BCUT2D eigenvalue weighted by Crippen LogP contribution is -2.05. The second-order valence-electron chi connectivity index (χ2n) is 6.97. The van der Waals surface area contributed by atoms with Crippen molar-refractivity contribution in [2.24, 2.45) is 0 Å². The van der Waals surface area contributed by atoms with E-state index in [1.54, 1.807) is 17.4 Å². The summed E-state index contributed by atoms with van der Waals surface area (Å²) in [6, 6.07) is 13.7. The Balaban J connectivity index is 1.65. The van der Waals surface area contributed by atoms with E-state index in [2.05, 4.69) is 17.4 Å². The van der Waals surface area contributed by atoms with Gasteiger partial charge in [0.2, 0.25) is 0 Å². The van der Waals surface area contributed by atoms with Gasteiger partial charge in [-0.2, -0.15) is 0 Å². The Morgan fingerprint density at radius 3 is 2.70 bits per heavy atom. The molecule has 154 valence electrons. The number of rotatable bonds is 8. The van der Waals surface area contributed by atoms with Crippen LogP contribution in [0, 0.1) is 0 Å². The first-order chi connectivity index (χ1) is 14.5. The number of fused-ring (bicyclic) bond motifs is 3. The molecule has 8 heteroatoms. The van der Waals surface area contributed by atoms with Crippen molar-refractivity contribution < 1.29 is 9.90 Å². The highest BCUT2D eigenvalue weighted by atomic mass is 35.5. The molecule has 0 amide bonds. The van der Waals surface area contributed by atoms with Gasteiger partial charge in [-0.05, 0) is 36.6 Å². The molecule has 0 saturated carbocycles. The maximum atomic E-state index is 10.7. The van der Waals surface area contributed by atoms with Gasteiger partial charge in [0.15, 0.2) is 0 Å². The molecule has 0 bridgehead atoms. The summed E-state index contributed by atoms with van der Waals surface area (Å²) in [5.41, 5.74) is 0.999. The van der Waals surface area contributed by atoms with E-state index in [0.717, 1.165) is 43.9 Å². The Bertz CT molecular complexity index is 1230. The largest absolute Gasteiger partial charge is 0.481 e. The van der Waals surface area contributed by atoms with Crippen LogP contribution in [0.15, 0.2) is 42.5 Å². The van der Waals surface area contributed by atoms with Crippen molar-refractivity contribution in [3.8, 4) is 0 Å². The Labute approximate surface area is 187 Å². The Morgan fingerprint density at radius 1 is 1.07 bits per heavy atom. The molecule has 2 heterocycles. The van der Waals surface area contributed by atoms with Gasteiger partial charge in [-0.25, -0.2) is 9.97 Å². The van der Waals surface area contributed by atoms with Crippen molar-refractivity contribution in [2.45, 2.75) is 32.2 Å². The van der Waals surface area contributed by atoms with Crippen molar-refractivity contribution in [2.75, 3.05) is 5.32 Å². The summed E-state index contributed by atoms with van der Waals surface area (Å²) in [6.45, 7) is 0.547. The number of hydrogen-bond donors (Lipinski definition) is 2. The van der Waals surface area contributed by atoms with Crippen LogP contribution in [-0.2, 0) is 17.8 Å². The molecule has 0 aliphatic heterocycles. The smallest absolute Gasteiger partial charge is 0.303 e.